The maximum absolute atomic E-state index is 14.1. The molecule has 0 amide bonds. The van der Waals surface area contributed by atoms with Crippen molar-refractivity contribution in [1.82, 2.24) is 14.9 Å². The van der Waals surface area contributed by atoms with Gasteiger partial charge in [-0.05, 0) is 24.6 Å². The highest BCUT2D eigenvalue weighted by molar-refractivity contribution is 5.86. The van der Waals surface area contributed by atoms with Gasteiger partial charge >= 0.3 is 0 Å². The van der Waals surface area contributed by atoms with E-state index < -0.39 is 11.6 Å². The zero-order chi connectivity index (χ0) is 19.8. The maximum Gasteiger partial charge on any atom is 0.213 e. The second-order valence-corrected chi connectivity index (χ2v) is 6.76. The first-order valence-electron chi connectivity index (χ1n) is 8.87. The van der Waals surface area contributed by atoms with Gasteiger partial charge in [-0.2, -0.15) is 4.39 Å². The van der Waals surface area contributed by atoms with Crippen molar-refractivity contribution in [3.05, 3.63) is 63.6 Å². The average molecular weight is 387 g/mol. The third kappa shape index (κ3) is 3.09. The Labute approximate surface area is 159 Å². The standard InChI is InChI=1S/C20H19F2N3O3/c1-11-10-28-20-17(22)15(21)6-14-18(20)25(11)9-13(19(14)26)8-23-7-12-3-4-24-16(5-12)27-2/h3-6,9,11,23H,7-8,10H2,1-2H3. The van der Waals surface area contributed by atoms with Crippen molar-refractivity contribution >= 4 is 10.9 Å². The summed E-state index contributed by atoms with van der Waals surface area (Å²) in [5.41, 5.74) is 1.37. The van der Waals surface area contributed by atoms with Crippen molar-refractivity contribution in [3.63, 3.8) is 0 Å². The molecule has 1 aromatic carbocycles. The highest BCUT2D eigenvalue weighted by Crippen LogP contribution is 2.35. The second kappa shape index (κ2) is 7.20. The number of aromatic nitrogens is 2. The number of hydrogen-bond acceptors (Lipinski definition) is 5. The van der Waals surface area contributed by atoms with E-state index in [2.05, 4.69) is 10.3 Å². The van der Waals surface area contributed by atoms with E-state index in [4.69, 9.17) is 9.47 Å². The van der Waals surface area contributed by atoms with Crippen LogP contribution in [0.25, 0.3) is 10.9 Å². The first kappa shape index (κ1) is 18.4. The second-order valence-electron chi connectivity index (χ2n) is 6.76. The lowest BCUT2D eigenvalue weighted by molar-refractivity contribution is 0.233. The third-order valence-electron chi connectivity index (χ3n) is 4.84. The number of halogens is 2. The Morgan fingerprint density at radius 2 is 2.18 bits per heavy atom. The summed E-state index contributed by atoms with van der Waals surface area (Å²) in [7, 11) is 1.54. The molecule has 146 valence electrons. The first-order valence-corrected chi connectivity index (χ1v) is 8.87. The molecule has 0 saturated carbocycles. The molecular formula is C20H19F2N3O3. The van der Waals surface area contributed by atoms with Gasteiger partial charge in [0.2, 0.25) is 11.7 Å². The molecule has 3 heterocycles. The SMILES string of the molecule is COc1cc(CNCc2cn3c4c(c(F)c(F)cc4c2=O)OCC3C)ccn1. The molecule has 4 rings (SSSR count). The Kier molecular flexibility index (Phi) is 4.72. The highest BCUT2D eigenvalue weighted by Gasteiger charge is 2.26. The van der Waals surface area contributed by atoms with Gasteiger partial charge < -0.3 is 19.4 Å². The Balaban J connectivity index is 1.68. The minimum atomic E-state index is -1.09. The maximum atomic E-state index is 14.1. The summed E-state index contributed by atoms with van der Waals surface area (Å²) in [6.45, 7) is 2.88. The number of nitrogens with zero attached hydrogens (tertiary/aromatic N) is 2. The van der Waals surface area contributed by atoms with Crippen LogP contribution in [0, 0.1) is 11.6 Å². The summed E-state index contributed by atoms with van der Waals surface area (Å²) in [5, 5.41) is 3.32. The predicted octanol–water partition coefficient (Wildman–Crippen LogP) is 2.93. The van der Waals surface area contributed by atoms with Gasteiger partial charge in [-0.25, -0.2) is 9.37 Å². The van der Waals surface area contributed by atoms with Gasteiger partial charge in [-0.1, -0.05) is 0 Å². The molecule has 1 atom stereocenters. The molecule has 2 aromatic heterocycles. The van der Waals surface area contributed by atoms with Crippen LogP contribution in [0.4, 0.5) is 8.78 Å². The van der Waals surface area contributed by atoms with Gasteiger partial charge in [0, 0.05) is 37.1 Å². The molecule has 0 fully saturated rings. The van der Waals surface area contributed by atoms with E-state index >= 15 is 0 Å². The topological polar surface area (TPSA) is 65.4 Å². The van der Waals surface area contributed by atoms with Crippen LogP contribution < -0.4 is 20.2 Å². The van der Waals surface area contributed by atoms with Gasteiger partial charge in [0.25, 0.3) is 0 Å². The monoisotopic (exact) mass is 387 g/mol. The molecule has 3 aromatic rings. The van der Waals surface area contributed by atoms with Crippen molar-refractivity contribution in [2.45, 2.75) is 26.1 Å². The Hall–Kier alpha value is -3.00. The van der Waals surface area contributed by atoms with Crippen LogP contribution in [0.3, 0.4) is 0 Å². The summed E-state index contributed by atoms with van der Waals surface area (Å²) < 4.78 is 40.3. The highest BCUT2D eigenvalue weighted by atomic mass is 19.2. The molecular weight excluding hydrogens is 368 g/mol. The fraction of sp³-hybridized carbons (Fsp3) is 0.300. The molecule has 0 bridgehead atoms. The zero-order valence-electron chi connectivity index (χ0n) is 15.5. The number of pyridine rings is 2. The molecule has 1 aliphatic rings. The molecule has 8 heteroatoms. The predicted molar refractivity (Wildman–Crippen MR) is 99.7 cm³/mol. The summed E-state index contributed by atoms with van der Waals surface area (Å²) in [4.78, 5) is 16.9. The molecule has 6 nitrogen and oxygen atoms in total. The molecule has 0 spiro atoms. The molecule has 28 heavy (non-hydrogen) atoms. The minimum Gasteiger partial charge on any atom is -0.486 e. The molecule has 1 N–H and O–H groups in total. The fourth-order valence-corrected chi connectivity index (χ4v) is 3.39. The van der Waals surface area contributed by atoms with Crippen LogP contribution in [0.5, 0.6) is 11.6 Å². The van der Waals surface area contributed by atoms with Crippen molar-refractivity contribution < 1.29 is 18.3 Å². The zero-order valence-corrected chi connectivity index (χ0v) is 15.5. The summed E-state index contributed by atoms with van der Waals surface area (Å²) in [5.74, 6) is -1.85. The largest absolute Gasteiger partial charge is 0.486 e. The van der Waals surface area contributed by atoms with Crippen LogP contribution in [-0.4, -0.2) is 23.3 Å². The van der Waals surface area contributed by atoms with E-state index in [1.165, 1.54) is 0 Å². The molecule has 0 radical (unpaired) electrons. The number of methoxy groups -OCH3 is 1. The van der Waals surface area contributed by atoms with Crippen molar-refractivity contribution in [3.8, 4) is 11.6 Å². The lowest BCUT2D eigenvalue weighted by Crippen LogP contribution is -2.27. The Morgan fingerprint density at radius 3 is 2.96 bits per heavy atom. The summed E-state index contributed by atoms with van der Waals surface area (Å²) in [6, 6.07) is 4.49. The molecule has 0 saturated heterocycles. The number of hydrogen-bond donors (Lipinski definition) is 1. The average Bonchev–Trinajstić information content (AvgIpc) is 2.70. The third-order valence-corrected chi connectivity index (χ3v) is 4.84. The van der Waals surface area contributed by atoms with Crippen LogP contribution in [-0.2, 0) is 13.1 Å². The number of benzene rings is 1. The normalized spacial score (nSPS) is 15.5. The van der Waals surface area contributed by atoms with Crippen LogP contribution >= 0.6 is 0 Å². The van der Waals surface area contributed by atoms with E-state index in [1.54, 1.807) is 30.1 Å². The lowest BCUT2D eigenvalue weighted by Gasteiger charge is -2.27. The smallest absolute Gasteiger partial charge is 0.213 e. The van der Waals surface area contributed by atoms with Gasteiger partial charge in [0.15, 0.2) is 17.0 Å². The van der Waals surface area contributed by atoms with E-state index in [1.807, 2.05) is 13.0 Å². The Morgan fingerprint density at radius 1 is 1.36 bits per heavy atom. The van der Waals surface area contributed by atoms with Crippen LogP contribution in [0.1, 0.15) is 24.1 Å². The van der Waals surface area contributed by atoms with E-state index in [-0.39, 0.29) is 35.8 Å². The summed E-state index contributed by atoms with van der Waals surface area (Å²) in [6.07, 6.45) is 3.34. The Bertz CT molecular complexity index is 1110. The number of rotatable bonds is 5. The van der Waals surface area contributed by atoms with Crippen molar-refractivity contribution in [2.24, 2.45) is 0 Å². The molecule has 1 unspecified atom stereocenters. The molecule has 1 aliphatic heterocycles. The fourth-order valence-electron chi connectivity index (χ4n) is 3.39. The van der Waals surface area contributed by atoms with Gasteiger partial charge in [-0.3, -0.25) is 4.79 Å². The minimum absolute atomic E-state index is 0.108. The van der Waals surface area contributed by atoms with E-state index in [9.17, 15) is 13.6 Å². The number of nitrogens with one attached hydrogen (secondary N) is 1. The van der Waals surface area contributed by atoms with E-state index in [0.717, 1.165) is 11.6 Å². The number of ether oxygens (including phenoxy) is 2. The van der Waals surface area contributed by atoms with Gasteiger partial charge in [0.05, 0.1) is 24.1 Å². The summed E-state index contributed by atoms with van der Waals surface area (Å²) >= 11 is 0. The quantitative estimate of drug-likeness (QED) is 0.729. The van der Waals surface area contributed by atoms with Crippen molar-refractivity contribution in [1.29, 1.82) is 0 Å². The van der Waals surface area contributed by atoms with E-state index in [0.29, 0.717) is 23.5 Å². The van der Waals surface area contributed by atoms with Gasteiger partial charge in [-0.15, -0.1) is 0 Å². The lowest BCUT2D eigenvalue weighted by atomic mass is 10.1. The van der Waals surface area contributed by atoms with Gasteiger partial charge in [0.1, 0.15) is 6.61 Å². The first-order chi connectivity index (χ1) is 13.5. The van der Waals surface area contributed by atoms with Crippen LogP contribution in [0.2, 0.25) is 0 Å². The van der Waals surface area contributed by atoms with Crippen LogP contribution in [0.15, 0.2) is 35.4 Å². The van der Waals surface area contributed by atoms with Crippen molar-refractivity contribution in [2.75, 3.05) is 13.7 Å². The molecule has 0 aliphatic carbocycles.